The van der Waals surface area contributed by atoms with Gasteiger partial charge in [0.1, 0.15) is 0 Å². The summed E-state index contributed by atoms with van der Waals surface area (Å²) in [6, 6.07) is 0. The van der Waals surface area contributed by atoms with Gasteiger partial charge in [0.25, 0.3) is 0 Å². The lowest BCUT2D eigenvalue weighted by Gasteiger charge is -2.25. The van der Waals surface area contributed by atoms with Crippen LogP contribution in [0.1, 0.15) is 26.2 Å². The molecule has 2 heterocycles. The summed E-state index contributed by atoms with van der Waals surface area (Å²) >= 11 is 0. The quantitative estimate of drug-likeness (QED) is 0.756. The number of halogens is 1. The van der Waals surface area contributed by atoms with Gasteiger partial charge in [-0.15, -0.1) is 0 Å². The maximum atomic E-state index is 13.2. The van der Waals surface area contributed by atoms with Crippen molar-refractivity contribution in [3.05, 3.63) is 0 Å². The third kappa shape index (κ3) is 1.52. The van der Waals surface area contributed by atoms with E-state index in [0.29, 0.717) is 0 Å². The van der Waals surface area contributed by atoms with Crippen molar-refractivity contribution in [2.24, 2.45) is 11.8 Å². The zero-order valence-electron chi connectivity index (χ0n) is 8.15. The van der Waals surface area contributed by atoms with Crippen LogP contribution in [-0.2, 0) is 9.53 Å². The highest BCUT2D eigenvalue weighted by molar-refractivity contribution is 5.72. The van der Waals surface area contributed by atoms with E-state index in [2.05, 4.69) is 0 Å². The lowest BCUT2D eigenvalue weighted by Crippen LogP contribution is -2.33. The molecule has 3 nitrogen and oxygen atoms in total. The lowest BCUT2D eigenvalue weighted by molar-refractivity contribution is -0.145. The topological polar surface area (TPSA) is 46.5 Å². The van der Waals surface area contributed by atoms with Crippen molar-refractivity contribution in [3.63, 3.8) is 0 Å². The second kappa shape index (κ2) is 3.50. The fourth-order valence-corrected chi connectivity index (χ4v) is 2.67. The van der Waals surface area contributed by atoms with Gasteiger partial charge in [-0.1, -0.05) is 6.92 Å². The van der Waals surface area contributed by atoms with Gasteiger partial charge >= 0.3 is 5.97 Å². The molecule has 5 atom stereocenters. The molecule has 1 N–H and O–H groups in total. The minimum Gasteiger partial charge on any atom is -0.479 e. The summed E-state index contributed by atoms with van der Waals surface area (Å²) in [5, 5.41) is 8.57. The van der Waals surface area contributed by atoms with Crippen LogP contribution in [0.5, 0.6) is 0 Å². The predicted molar refractivity (Wildman–Crippen MR) is 47.7 cm³/mol. The molecule has 0 aromatic carbocycles. The van der Waals surface area contributed by atoms with E-state index in [4.69, 9.17) is 9.84 Å². The van der Waals surface area contributed by atoms with Gasteiger partial charge in [0.2, 0.25) is 0 Å². The zero-order chi connectivity index (χ0) is 10.3. The van der Waals surface area contributed by atoms with E-state index >= 15 is 0 Å². The molecule has 14 heavy (non-hydrogen) atoms. The van der Waals surface area contributed by atoms with Crippen molar-refractivity contribution in [3.8, 4) is 0 Å². The number of hydrogen-bond acceptors (Lipinski definition) is 2. The van der Waals surface area contributed by atoms with E-state index in [0.717, 1.165) is 19.3 Å². The Balaban J connectivity index is 1.98. The average molecular weight is 202 g/mol. The number of hydrogen-bond donors (Lipinski definition) is 1. The molecule has 80 valence electrons. The predicted octanol–water partition coefficient (Wildman–Crippen LogP) is 1.61. The van der Waals surface area contributed by atoms with E-state index < -0.39 is 18.1 Å². The highest BCUT2D eigenvalue weighted by atomic mass is 19.1. The van der Waals surface area contributed by atoms with Crippen LogP contribution < -0.4 is 0 Å². The molecular weight excluding hydrogens is 187 g/mol. The number of carbonyl (C=O) groups is 1. The van der Waals surface area contributed by atoms with Crippen molar-refractivity contribution in [1.82, 2.24) is 0 Å². The molecule has 2 rings (SSSR count). The first-order valence-corrected chi connectivity index (χ1v) is 5.12. The van der Waals surface area contributed by atoms with Crippen molar-refractivity contribution >= 4 is 5.97 Å². The maximum Gasteiger partial charge on any atom is 0.338 e. The largest absolute Gasteiger partial charge is 0.479 e. The van der Waals surface area contributed by atoms with Crippen LogP contribution in [0.15, 0.2) is 0 Å². The molecule has 5 unspecified atom stereocenters. The fourth-order valence-electron chi connectivity index (χ4n) is 2.67. The minimum atomic E-state index is -1.75. The number of carboxylic acid groups (broad SMARTS) is 1. The number of fused-ring (bicyclic) bond motifs is 2. The van der Waals surface area contributed by atoms with Crippen LogP contribution in [0.2, 0.25) is 0 Å². The second-order valence-electron chi connectivity index (χ2n) is 4.37. The molecule has 0 aromatic heterocycles. The smallest absolute Gasteiger partial charge is 0.338 e. The molecule has 2 fully saturated rings. The van der Waals surface area contributed by atoms with Crippen LogP contribution in [-0.4, -0.2) is 29.5 Å². The Hall–Kier alpha value is -0.640. The molecule has 2 saturated heterocycles. The van der Waals surface area contributed by atoms with Crippen LogP contribution in [0.25, 0.3) is 0 Å². The monoisotopic (exact) mass is 202 g/mol. The molecule has 2 aliphatic heterocycles. The molecule has 0 amide bonds. The molecule has 0 aromatic rings. The summed E-state index contributed by atoms with van der Waals surface area (Å²) in [7, 11) is 0. The third-order valence-corrected chi connectivity index (χ3v) is 3.53. The maximum absolute atomic E-state index is 13.2. The molecule has 0 aliphatic carbocycles. The van der Waals surface area contributed by atoms with E-state index in [1.165, 1.54) is 0 Å². The van der Waals surface area contributed by atoms with Crippen LogP contribution in [0.3, 0.4) is 0 Å². The summed E-state index contributed by atoms with van der Waals surface area (Å²) in [4.78, 5) is 10.5. The van der Waals surface area contributed by atoms with E-state index in [1.807, 2.05) is 0 Å². The Labute approximate surface area is 82.2 Å². The van der Waals surface area contributed by atoms with Gasteiger partial charge in [-0.2, -0.15) is 0 Å². The zero-order valence-corrected chi connectivity index (χ0v) is 8.15. The standard InChI is InChI=1S/C10H15FO3/c1-5(9(11)10(12)13)7-4-6-2-3-8(7)14-6/h5-9H,2-4H2,1H3,(H,12,13). The Kier molecular flexibility index (Phi) is 2.47. The van der Waals surface area contributed by atoms with Gasteiger partial charge in [0.15, 0.2) is 6.17 Å². The number of carboxylic acids is 1. The summed E-state index contributed by atoms with van der Waals surface area (Å²) in [6.07, 6.45) is 1.47. The Morgan fingerprint density at radius 1 is 1.57 bits per heavy atom. The van der Waals surface area contributed by atoms with E-state index in [-0.39, 0.29) is 18.1 Å². The van der Waals surface area contributed by atoms with Crippen molar-refractivity contribution in [2.45, 2.75) is 44.6 Å². The van der Waals surface area contributed by atoms with Crippen LogP contribution in [0.4, 0.5) is 4.39 Å². The van der Waals surface area contributed by atoms with Crippen molar-refractivity contribution < 1.29 is 19.0 Å². The Bertz CT molecular complexity index is 244. The molecule has 0 radical (unpaired) electrons. The summed E-state index contributed by atoms with van der Waals surface area (Å²) in [6.45, 7) is 1.67. The van der Waals surface area contributed by atoms with Crippen LogP contribution in [0, 0.1) is 11.8 Å². The van der Waals surface area contributed by atoms with E-state index in [9.17, 15) is 9.18 Å². The summed E-state index contributed by atoms with van der Waals surface area (Å²) in [5.41, 5.74) is 0. The highest BCUT2D eigenvalue weighted by Gasteiger charge is 2.46. The highest BCUT2D eigenvalue weighted by Crippen LogP contribution is 2.43. The minimum absolute atomic E-state index is 0.0971. The third-order valence-electron chi connectivity index (χ3n) is 3.53. The SMILES string of the molecule is CC(C(F)C(=O)O)C1CC2CCC1O2. The van der Waals surface area contributed by atoms with Gasteiger partial charge in [0, 0.05) is 5.92 Å². The first-order valence-electron chi connectivity index (χ1n) is 5.12. The first-order chi connectivity index (χ1) is 6.59. The van der Waals surface area contributed by atoms with E-state index in [1.54, 1.807) is 6.92 Å². The second-order valence-corrected chi connectivity index (χ2v) is 4.37. The molecule has 0 spiro atoms. The lowest BCUT2D eigenvalue weighted by atomic mass is 9.79. The van der Waals surface area contributed by atoms with Gasteiger partial charge in [-0.3, -0.25) is 0 Å². The number of ether oxygens (including phenoxy) is 1. The molecular formula is C10H15FO3. The molecule has 2 aliphatic rings. The average Bonchev–Trinajstić information content (AvgIpc) is 2.76. The number of aliphatic carboxylic acids is 1. The summed E-state index contributed by atoms with van der Waals surface area (Å²) in [5.74, 6) is -1.68. The normalized spacial score (nSPS) is 39.7. The summed E-state index contributed by atoms with van der Waals surface area (Å²) < 4.78 is 18.8. The number of rotatable bonds is 3. The number of alkyl halides is 1. The molecule has 2 bridgehead atoms. The Morgan fingerprint density at radius 2 is 2.29 bits per heavy atom. The molecule has 0 saturated carbocycles. The fraction of sp³-hybridized carbons (Fsp3) is 0.900. The van der Waals surface area contributed by atoms with Crippen LogP contribution >= 0.6 is 0 Å². The van der Waals surface area contributed by atoms with Gasteiger partial charge in [-0.25, -0.2) is 9.18 Å². The van der Waals surface area contributed by atoms with Gasteiger partial charge < -0.3 is 9.84 Å². The van der Waals surface area contributed by atoms with Gasteiger partial charge in [0.05, 0.1) is 12.2 Å². The molecule has 4 heteroatoms. The first kappa shape index (κ1) is 9.90. The Morgan fingerprint density at radius 3 is 2.71 bits per heavy atom. The van der Waals surface area contributed by atoms with Gasteiger partial charge in [-0.05, 0) is 25.2 Å². The van der Waals surface area contributed by atoms with Crippen molar-refractivity contribution in [2.75, 3.05) is 0 Å². The van der Waals surface area contributed by atoms with Crippen molar-refractivity contribution in [1.29, 1.82) is 0 Å².